The molecule has 0 radical (unpaired) electrons. The van der Waals surface area contributed by atoms with Crippen LogP contribution in [0.4, 0.5) is 13.2 Å². The molecule has 0 bridgehead atoms. The summed E-state index contributed by atoms with van der Waals surface area (Å²) < 4.78 is 38.9. The fourth-order valence-corrected chi connectivity index (χ4v) is 4.58. The minimum Gasteiger partial charge on any atom is -0.166 e. The molecule has 0 heterocycles. The summed E-state index contributed by atoms with van der Waals surface area (Å²) in [6.45, 7) is 0. The fourth-order valence-electron chi connectivity index (χ4n) is 4.58. The molecule has 0 aliphatic heterocycles. The van der Waals surface area contributed by atoms with Gasteiger partial charge < -0.3 is 0 Å². The van der Waals surface area contributed by atoms with E-state index in [1.54, 1.807) is 12.1 Å². The smallest absolute Gasteiger partial charge is 0.166 e. The second kappa shape index (κ2) is 6.37. The van der Waals surface area contributed by atoms with Crippen molar-refractivity contribution in [2.24, 2.45) is 0 Å². The zero-order valence-electron chi connectivity index (χ0n) is 15.3. The molecule has 3 aromatic carbocycles. The Kier molecular flexibility index (Phi) is 3.94. The van der Waals surface area contributed by atoms with Crippen LogP contribution in [0.5, 0.6) is 0 Å². The Morgan fingerprint density at radius 2 is 1.50 bits per heavy atom. The molecule has 140 valence electrons. The summed E-state index contributed by atoms with van der Waals surface area (Å²) in [7, 11) is 0. The van der Waals surface area contributed by atoms with Crippen LogP contribution in [0, 0.1) is 0 Å². The zero-order chi connectivity index (χ0) is 19.3. The highest BCUT2D eigenvalue weighted by Crippen LogP contribution is 2.31. The third-order valence-electron chi connectivity index (χ3n) is 5.90. The molecule has 0 unspecified atom stereocenters. The van der Waals surface area contributed by atoms with Gasteiger partial charge in [-0.2, -0.15) is 13.2 Å². The lowest BCUT2D eigenvalue weighted by molar-refractivity contribution is -0.137. The van der Waals surface area contributed by atoms with Gasteiger partial charge in [-0.1, -0.05) is 54.6 Å². The van der Waals surface area contributed by atoms with Crippen LogP contribution in [0.2, 0.25) is 0 Å². The first kappa shape index (κ1) is 17.3. The highest BCUT2D eigenvalue weighted by Gasteiger charge is 2.30. The summed E-state index contributed by atoms with van der Waals surface area (Å²) in [5.74, 6) is 0. The highest BCUT2D eigenvalue weighted by molar-refractivity contribution is 5.77. The molecule has 2 aliphatic rings. The number of benzene rings is 3. The number of aryl methyl sites for hydroxylation is 1. The Bertz CT molecular complexity index is 1180. The molecule has 0 saturated heterocycles. The summed E-state index contributed by atoms with van der Waals surface area (Å²) in [6.07, 6.45) is 1.81. The minimum absolute atomic E-state index is 0.594. The van der Waals surface area contributed by atoms with Crippen molar-refractivity contribution in [1.82, 2.24) is 0 Å². The van der Waals surface area contributed by atoms with Gasteiger partial charge in [-0.25, -0.2) is 0 Å². The van der Waals surface area contributed by atoms with E-state index in [0.717, 1.165) is 31.2 Å². The summed E-state index contributed by atoms with van der Waals surface area (Å²) >= 11 is 0. The van der Waals surface area contributed by atoms with E-state index in [1.165, 1.54) is 50.4 Å². The van der Waals surface area contributed by atoms with Crippen molar-refractivity contribution in [3.63, 3.8) is 0 Å². The maximum Gasteiger partial charge on any atom is 0.416 e. The van der Waals surface area contributed by atoms with Gasteiger partial charge in [0, 0.05) is 0 Å². The van der Waals surface area contributed by atoms with Gasteiger partial charge in [0.05, 0.1) is 5.56 Å². The molecule has 0 aromatic heterocycles. The molecule has 0 atom stereocenters. The molecule has 3 heteroatoms. The van der Waals surface area contributed by atoms with Gasteiger partial charge in [-0.3, -0.25) is 0 Å². The second-order valence-corrected chi connectivity index (χ2v) is 7.53. The number of fused-ring (bicyclic) bond motifs is 5. The van der Waals surface area contributed by atoms with Crippen LogP contribution in [-0.2, 0) is 19.0 Å². The zero-order valence-corrected chi connectivity index (χ0v) is 15.3. The molecule has 28 heavy (non-hydrogen) atoms. The van der Waals surface area contributed by atoms with E-state index in [0.29, 0.717) is 0 Å². The van der Waals surface area contributed by atoms with Crippen LogP contribution in [0.25, 0.3) is 22.8 Å². The Hall–Kier alpha value is -2.81. The van der Waals surface area contributed by atoms with E-state index in [2.05, 4.69) is 42.5 Å². The van der Waals surface area contributed by atoms with Crippen molar-refractivity contribution in [3.05, 3.63) is 93.4 Å². The summed E-state index contributed by atoms with van der Waals surface area (Å²) in [5.41, 5.74) is 6.59. The average molecular weight is 376 g/mol. The van der Waals surface area contributed by atoms with Crippen molar-refractivity contribution in [3.8, 4) is 11.1 Å². The van der Waals surface area contributed by atoms with E-state index < -0.39 is 11.7 Å². The lowest BCUT2D eigenvalue weighted by Crippen LogP contribution is -2.36. The van der Waals surface area contributed by atoms with Crippen LogP contribution in [0.3, 0.4) is 0 Å². The van der Waals surface area contributed by atoms with E-state index >= 15 is 0 Å². The van der Waals surface area contributed by atoms with Gasteiger partial charge in [0.15, 0.2) is 0 Å². The molecule has 0 N–H and O–H groups in total. The maximum absolute atomic E-state index is 13.0. The van der Waals surface area contributed by atoms with Crippen LogP contribution in [0.15, 0.2) is 60.7 Å². The topological polar surface area (TPSA) is 0 Å². The van der Waals surface area contributed by atoms with Crippen molar-refractivity contribution in [2.45, 2.75) is 31.9 Å². The third kappa shape index (κ3) is 2.77. The molecule has 0 saturated carbocycles. The number of hydrogen-bond donors (Lipinski definition) is 0. The largest absolute Gasteiger partial charge is 0.416 e. The molecular weight excluding hydrogens is 357 g/mol. The lowest BCUT2D eigenvalue weighted by Gasteiger charge is -2.22. The van der Waals surface area contributed by atoms with Gasteiger partial charge >= 0.3 is 6.18 Å². The van der Waals surface area contributed by atoms with Gasteiger partial charge in [0.1, 0.15) is 0 Å². The first-order valence-electron chi connectivity index (χ1n) is 9.63. The van der Waals surface area contributed by atoms with Gasteiger partial charge in [-0.05, 0) is 81.6 Å². The van der Waals surface area contributed by atoms with Crippen molar-refractivity contribution < 1.29 is 13.2 Å². The number of hydrogen-bond acceptors (Lipinski definition) is 0. The normalized spacial score (nSPS) is 15.3. The van der Waals surface area contributed by atoms with Crippen LogP contribution in [0.1, 0.15) is 35.1 Å². The maximum atomic E-state index is 13.0. The standard InChI is InChI=1S/C25H19F3/c26-25(27,28)19-12-8-17(9-13-19)21-7-3-5-18-11-14-22-20-6-2-1-4-16(20)10-15-23(22)24(18)21/h1-2,4,6,8-9,11-15H,3,5,7,10H2. The molecule has 2 aliphatic carbocycles. The van der Waals surface area contributed by atoms with E-state index in [9.17, 15) is 13.2 Å². The van der Waals surface area contributed by atoms with Crippen LogP contribution < -0.4 is 10.4 Å². The van der Waals surface area contributed by atoms with Crippen molar-refractivity contribution in [2.75, 3.05) is 0 Å². The monoisotopic (exact) mass is 376 g/mol. The Morgan fingerprint density at radius 1 is 0.714 bits per heavy atom. The molecule has 0 spiro atoms. The van der Waals surface area contributed by atoms with E-state index in [4.69, 9.17) is 0 Å². The SMILES string of the molecule is FC(F)(F)c1ccc(C2=c3c(ccc4c3=CCc3ccccc3-4)CCC2)cc1. The first-order chi connectivity index (χ1) is 13.5. The van der Waals surface area contributed by atoms with Gasteiger partial charge in [0.2, 0.25) is 0 Å². The Morgan fingerprint density at radius 3 is 2.29 bits per heavy atom. The molecule has 3 aromatic rings. The summed E-state index contributed by atoms with van der Waals surface area (Å²) in [5, 5.41) is 2.48. The van der Waals surface area contributed by atoms with Crippen molar-refractivity contribution >= 4 is 11.6 Å². The number of halogens is 3. The fraction of sp³-hybridized carbons (Fsp3) is 0.200. The quantitative estimate of drug-likeness (QED) is 0.545. The summed E-state index contributed by atoms with van der Waals surface area (Å²) in [4.78, 5) is 0. The van der Waals surface area contributed by atoms with E-state index in [-0.39, 0.29) is 0 Å². The molecular formula is C25H19F3. The molecule has 0 nitrogen and oxygen atoms in total. The van der Waals surface area contributed by atoms with Gasteiger partial charge in [0.25, 0.3) is 0 Å². The second-order valence-electron chi connectivity index (χ2n) is 7.53. The molecule has 0 amide bonds. The van der Waals surface area contributed by atoms with Crippen LogP contribution >= 0.6 is 0 Å². The van der Waals surface area contributed by atoms with Crippen LogP contribution in [-0.4, -0.2) is 0 Å². The third-order valence-corrected chi connectivity index (χ3v) is 5.90. The average Bonchev–Trinajstić information content (AvgIpc) is 2.72. The Balaban J connectivity index is 1.76. The van der Waals surface area contributed by atoms with Gasteiger partial charge in [-0.15, -0.1) is 0 Å². The minimum atomic E-state index is -4.30. The molecule has 5 rings (SSSR count). The number of alkyl halides is 3. The lowest BCUT2D eigenvalue weighted by atomic mass is 9.83. The Labute approximate surface area is 161 Å². The predicted octanol–water partition coefficient (Wildman–Crippen LogP) is 5.24. The predicted molar refractivity (Wildman–Crippen MR) is 106 cm³/mol. The van der Waals surface area contributed by atoms with E-state index in [1.807, 2.05) is 0 Å². The number of rotatable bonds is 1. The highest BCUT2D eigenvalue weighted by atomic mass is 19.4. The van der Waals surface area contributed by atoms with Crippen molar-refractivity contribution in [1.29, 1.82) is 0 Å². The summed E-state index contributed by atoms with van der Waals surface area (Å²) in [6, 6.07) is 18.5. The molecule has 0 fully saturated rings. The first-order valence-corrected chi connectivity index (χ1v) is 9.63.